The number of nitrogen functional groups attached to an aromatic ring is 1. The summed E-state index contributed by atoms with van der Waals surface area (Å²) in [7, 11) is 0. The Hall–Kier alpha value is -3.36. The molecule has 0 unspecified atom stereocenters. The highest BCUT2D eigenvalue weighted by molar-refractivity contribution is 5.94. The summed E-state index contributed by atoms with van der Waals surface area (Å²) in [5.74, 6) is 6.67. The Morgan fingerprint density at radius 2 is 1.81 bits per heavy atom. The Labute approximate surface area is 183 Å². The normalized spacial score (nSPS) is 14.1. The lowest BCUT2D eigenvalue weighted by Gasteiger charge is -2.26. The molecule has 4 rings (SSSR count). The van der Waals surface area contributed by atoms with Crippen molar-refractivity contribution in [3.63, 3.8) is 0 Å². The summed E-state index contributed by atoms with van der Waals surface area (Å²) in [6.07, 6.45) is 6.68. The molecule has 0 spiro atoms. The molecule has 1 aromatic heterocycles. The minimum atomic E-state index is -0.0411. The van der Waals surface area contributed by atoms with Crippen LogP contribution in [0.4, 0.5) is 5.82 Å². The molecule has 0 aliphatic carbocycles. The predicted molar refractivity (Wildman–Crippen MR) is 126 cm³/mol. The highest BCUT2D eigenvalue weighted by atomic mass is 16.1. The lowest BCUT2D eigenvalue weighted by atomic mass is 10.1. The van der Waals surface area contributed by atoms with Crippen LogP contribution in [0.15, 0.2) is 54.7 Å². The average molecular weight is 413 g/mol. The Morgan fingerprint density at radius 3 is 2.61 bits per heavy atom. The molecule has 3 N–H and O–H groups in total. The second-order valence-corrected chi connectivity index (χ2v) is 7.94. The second-order valence-electron chi connectivity index (χ2n) is 7.94. The number of carbonyl (C=O) groups is 1. The van der Waals surface area contributed by atoms with E-state index in [1.807, 2.05) is 48.5 Å². The number of piperidine rings is 1. The predicted octanol–water partition coefficient (Wildman–Crippen LogP) is 3.82. The SMILES string of the molecule is Nc1ncc2ccccc2c1C#Cc1ccc(C(=O)NCCCN2CCCCC2)cc1. The van der Waals surface area contributed by atoms with E-state index >= 15 is 0 Å². The van der Waals surface area contributed by atoms with E-state index in [1.54, 1.807) is 6.20 Å². The van der Waals surface area contributed by atoms with Crippen LogP contribution in [0.1, 0.15) is 47.2 Å². The third kappa shape index (κ3) is 5.42. The third-order valence-corrected chi connectivity index (χ3v) is 5.69. The van der Waals surface area contributed by atoms with Gasteiger partial charge in [-0.1, -0.05) is 42.5 Å². The van der Waals surface area contributed by atoms with Crippen LogP contribution in [-0.4, -0.2) is 42.0 Å². The van der Waals surface area contributed by atoms with Crippen LogP contribution >= 0.6 is 0 Å². The molecule has 1 amide bonds. The van der Waals surface area contributed by atoms with Crippen LogP contribution in [0, 0.1) is 11.8 Å². The van der Waals surface area contributed by atoms with Gasteiger partial charge in [-0.25, -0.2) is 4.98 Å². The number of benzene rings is 2. The van der Waals surface area contributed by atoms with Crippen LogP contribution in [0.2, 0.25) is 0 Å². The number of aromatic nitrogens is 1. The zero-order valence-corrected chi connectivity index (χ0v) is 17.7. The largest absolute Gasteiger partial charge is 0.383 e. The molecule has 5 heteroatoms. The second kappa shape index (κ2) is 10.1. The number of likely N-dealkylation sites (tertiary alicyclic amines) is 1. The Balaban J connectivity index is 1.35. The molecule has 2 heterocycles. The number of carbonyl (C=O) groups excluding carboxylic acids is 1. The first-order valence-corrected chi connectivity index (χ1v) is 11.0. The van der Waals surface area contributed by atoms with E-state index in [2.05, 4.69) is 27.0 Å². The zero-order chi connectivity index (χ0) is 21.5. The number of nitrogens with one attached hydrogen (secondary N) is 1. The van der Waals surface area contributed by atoms with Gasteiger partial charge >= 0.3 is 0 Å². The van der Waals surface area contributed by atoms with Gasteiger partial charge in [0.2, 0.25) is 0 Å². The van der Waals surface area contributed by atoms with Crippen molar-refractivity contribution in [2.75, 3.05) is 31.9 Å². The van der Waals surface area contributed by atoms with Crippen molar-refractivity contribution in [3.05, 3.63) is 71.4 Å². The maximum atomic E-state index is 12.4. The molecule has 158 valence electrons. The molecule has 5 nitrogen and oxygen atoms in total. The maximum Gasteiger partial charge on any atom is 0.251 e. The van der Waals surface area contributed by atoms with Gasteiger partial charge in [0.25, 0.3) is 5.91 Å². The highest BCUT2D eigenvalue weighted by Crippen LogP contribution is 2.21. The fourth-order valence-corrected chi connectivity index (χ4v) is 3.94. The summed E-state index contributed by atoms with van der Waals surface area (Å²) >= 11 is 0. The number of nitrogens with zero attached hydrogens (tertiary/aromatic N) is 2. The maximum absolute atomic E-state index is 12.4. The molecule has 0 bridgehead atoms. The third-order valence-electron chi connectivity index (χ3n) is 5.69. The van der Waals surface area contributed by atoms with E-state index in [0.29, 0.717) is 17.9 Å². The van der Waals surface area contributed by atoms with Crippen LogP contribution in [0.3, 0.4) is 0 Å². The number of pyridine rings is 1. The summed E-state index contributed by atoms with van der Waals surface area (Å²) < 4.78 is 0. The first kappa shape index (κ1) is 20.9. The molecule has 0 radical (unpaired) electrons. The summed E-state index contributed by atoms with van der Waals surface area (Å²) in [6, 6.07) is 15.3. The van der Waals surface area contributed by atoms with Crippen LogP contribution in [-0.2, 0) is 0 Å². The zero-order valence-electron chi connectivity index (χ0n) is 17.7. The molecular formula is C26H28N4O. The fourth-order valence-electron chi connectivity index (χ4n) is 3.94. The number of nitrogens with two attached hydrogens (primary N) is 1. The van der Waals surface area contributed by atoms with Crippen molar-refractivity contribution in [2.45, 2.75) is 25.7 Å². The molecule has 3 aromatic rings. The Kier molecular flexibility index (Phi) is 6.81. The van der Waals surface area contributed by atoms with E-state index in [0.717, 1.165) is 34.9 Å². The van der Waals surface area contributed by atoms with Crippen LogP contribution in [0.25, 0.3) is 10.8 Å². The van der Waals surface area contributed by atoms with E-state index in [-0.39, 0.29) is 5.91 Å². The number of fused-ring (bicyclic) bond motifs is 1. The number of rotatable bonds is 5. The summed E-state index contributed by atoms with van der Waals surface area (Å²) in [5.41, 5.74) is 8.26. The lowest BCUT2D eigenvalue weighted by molar-refractivity contribution is 0.0951. The topological polar surface area (TPSA) is 71.2 Å². The summed E-state index contributed by atoms with van der Waals surface area (Å²) in [5, 5.41) is 5.01. The average Bonchev–Trinajstić information content (AvgIpc) is 2.82. The molecule has 31 heavy (non-hydrogen) atoms. The van der Waals surface area contributed by atoms with Crippen molar-refractivity contribution < 1.29 is 4.79 Å². The number of hydrogen-bond donors (Lipinski definition) is 2. The first-order valence-electron chi connectivity index (χ1n) is 11.0. The van der Waals surface area contributed by atoms with Crippen molar-refractivity contribution in [3.8, 4) is 11.8 Å². The standard InChI is InChI=1S/C26H28N4O/c27-25-24(23-8-3-2-7-22(23)19-29-25)14-11-20-9-12-21(13-10-20)26(31)28-15-6-18-30-16-4-1-5-17-30/h2-3,7-10,12-13,19H,1,4-6,15-18H2,(H2,27,29)(H,28,31). The monoisotopic (exact) mass is 412 g/mol. The number of amides is 1. The minimum absolute atomic E-state index is 0.0411. The quantitative estimate of drug-likeness (QED) is 0.494. The molecule has 0 saturated carbocycles. The van der Waals surface area contributed by atoms with Crippen molar-refractivity contribution in [1.82, 2.24) is 15.2 Å². The minimum Gasteiger partial charge on any atom is -0.383 e. The van der Waals surface area contributed by atoms with E-state index in [9.17, 15) is 4.79 Å². The van der Waals surface area contributed by atoms with Gasteiger partial charge in [0, 0.05) is 34.6 Å². The molecule has 2 aromatic carbocycles. The number of hydrogen-bond acceptors (Lipinski definition) is 4. The molecule has 1 saturated heterocycles. The van der Waals surface area contributed by atoms with Gasteiger partial charge in [0.1, 0.15) is 5.82 Å². The van der Waals surface area contributed by atoms with Crippen LogP contribution in [0.5, 0.6) is 0 Å². The molecule has 1 aliphatic rings. The van der Waals surface area contributed by atoms with Crippen molar-refractivity contribution >= 4 is 22.5 Å². The van der Waals surface area contributed by atoms with Gasteiger partial charge in [-0.05, 0) is 63.2 Å². The van der Waals surface area contributed by atoms with E-state index < -0.39 is 0 Å². The van der Waals surface area contributed by atoms with Gasteiger partial charge in [0.15, 0.2) is 0 Å². The summed E-state index contributed by atoms with van der Waals surface area (Å²) in [6.45, 7) is 4.14. The van der Waals surface area contributed by atoms with Gasteiger partial charge in [-0.2, -0.15) is 0 Å². The fraction of sp³-hybridized carbons (Fsp3) is 0.308. The summed E-state index contributed by atoms with van der Waals surface area (Å²) in [4.78, 5) is 19.1. The van der Waals surface area contributed by atoms with E-state index in [1.165, 1.54) is 32.4 Å². The highest BCUT2D eigenvalue weighted by Gasteiger charge is 2.10. The molecule has 1 aliphatic heterocycles. The van der Waals surface area contributed by atoms with E-state index in [4.69, 9.17) is 5.73 Å². The molecule has 0 atom stereocenters. The smallest absolute Gasteiger partial charge is 0.251 e. The van der Waals surface area contributed by atoms with Crippen LogP contribution < -0.4 is 11.1 Å². The van der Waals surface area contributed by atoms with Gasteiger partial charge in [-0.15, -0.1) is 0 Å². The Morgan fingerprint density at radius 1 is 1.03 bits per heavy atom. The van der Waals surface area contributed by atoms with Gasteiger partial charge in [0.05, 0.1) is 5.56 Å². The lowest BCUT2D eigenvalue weighted by Crippen LogP contribution is -2.33. The number of anilines is 1. The molecule has 1 fully saturated rings. The van der Waals surface area contributed by atoms with Crippen molar-refractivity contribution in [2.24, 2.45) is 0 Å². The van der Waals surface area contributed by atoms with Gasteiger partial charge in [-0.3, -0.25) is 4.79 Å². The van der Waals surface area contributed by atoms with Gasteiger partial charge < -0.3 is 16.0 Å². The Bertz CT molecular complexity index is 1110. The first-order chi connectivity index (χ1) is 15.2. The van der Waals surface area contributed by atoms with Crippen molar-refractivity contribution in [1.29, 1.82) is 0 Å². The molecular weight excluding hydrogens is 384 g/mol.